The molecule has 0 heterocycles. The topological polar surface area (TPSA) is 121 Å². The van der Waals surface area contributed by atoms with Crippen LogP contribution in [0.3, 0.4) is 0 Å². The highest BCUT2D eigenvalue weighted by Gasteiger charge is 2.09. The normalized spacial score (nSPS) is 11.2. The number of nitrogens with zero attached hydrogens (tertiary/aromatic N) is 4. The minimum Gasteiger partial charge on any atom is -0.759 e. The predicted molar refractivity (Wildman–Crippen MR) is 121 cm³/mol. The van der Waals surface area contributed by atoms with Crippen molar-refractivity contribution in [3.63, 3.8) is 0 Å². The van der Waals surface area contributed by atoms with Crippen molar-refractivity contribution in [2.45, 2.75) is 12.8 Å². The molecule has 0 bridgehead atoms. The fourth-order valence-electron chi connectivity index (χ4n) is 2.10. The summed E-state index contributed by atoms with van der Waals surface area (Å²) >= 11 is 0. The molecule has 0 aliphatic rings. The first-order chi connectivity index (χ1) is 13.7. The lowest BCUT2D eigenvalue weighted by molar-refractivity contribution is -0.870. The van der Waals surface area contributed by atoms with Gasteiger partial charge < -0.3 is 27.9 Å². The van der Waals surface area contributed by atoms with Gasteiger partial charge in [-0.2, -0.15) is 0 Å². The van der Waals surface area contributed by atoms with Crippen molar-refractivity contribution in [1.82, 2.24) is 9.80 Å². The molecule has 0 aromatic carbocycles. The van der Waals surface area contributed by atoms with E-state index in [2.05, 4.69) is 55.4 Å². The molecule has 10 nitrogen and oxygen atoms in total. The van der Waals surface area contributed by atoms with Crippen LogP contribution in [0.5, 0.6) is 0 Å². The van der Waals surface area contributed by atoms with Crippen LogP contribution in [-0.2, 0) is 20.0 Å². The van der Waals surface area contributed by atoms with Crippen LogP contribution in [0.25, 0.3) is 0 Å². The van der Waals surface area contributed by atoms with E-state index in [1.165, 1.54) is 12.2 Å². The molecule has 0 radical (unpaired) electrons. The minimum absolute atomic E-state index is 0.00130. The van der Waals surface area contributed by atoms with Crippen molar-refractivity contribution in [1.29, 1.82) is 0 Å². The monoisotopic (exact) mass is 466 g/mol. The van der Waals surface area contributed by atoms with Gasteiger partial charge >= 0.3 is 0 Å². The fourth-order valence-corrected chi connectivity index (χ4v) is 2.10. The lowest BCUT2D eigenvalue weighted by atomic mass is 10.3. The summed E-state index contributed by atoms with van der Waals surface area (Å²) in [4.78, 5) is 25.5. The van der Waals surface area contributed by atoms with Gasteiger partial charge in [0.2, 0.25) is 11.8 Å². The highest BCUT2D eigenvalue weighted by Crippen LogP contribution is 1.97. The molecule has 11 heteroatoms. The van der Waals surface area contributed by atoms with E-state index in [0.717, 1.165) is 48.0 Å². The number of amides is 2. The maximum atomic E-state index is 11.1. The molecule has 0 unspecified atom stereocenters. The second kappa shape index (κ2) is 15.9. The summed E-state index contributed by atoms with van der Waals surface area (Å²) < 4.78 is 36.0. The highest BCUT2D eigenvalue weighted by molar-refractivity contribution is 7.79. The zero-order valence-corrected chi connectivity index (χ0v) is 21.3. The molecule has 0 aliphatic heterocycles. The summed E-state index contributed by atoms with van der Waals surface area (Å²) in [6.07, 6.45) is 4.76. The number of hydrogen-bond acceptors (Lipinski definition) is 6. The molecule has 0 aromatic rings. The number of carbonyl (C=O) groups excluding carboxylic acids is 2. The molecule has 0 aliphatic carbocycles. The van der Waals surface area contributed by atoms with E-state index in [-0.39, 0.29) is 11.8 Å². The summed E-state index contributed by atoms with van der Waals surface area (Å²) in [5, 5.41) is 0. The molecule has 0 atom stereocenters. The second-order valence-corrected chi connectivity index (χ2v) is 9.89. The number of rotatable bonds is 10. The maximum absolute atomic E-state index is 11.1. The standard InChI is InChI=1S/2C10H21N2O.H2O4S/c2*1-6-10(13)11(2)8-7-9-12(3,4)5;1-5(2,3)4/h2*6H,1,7-9H2,2-5H3;(H2,1,2,3,4)/q2*+1;/p-2. The van der Waals surface area contributed by atoms with Crippen LogP contribution in [0.2, 0.25) is 0 Å². The molecule has 0 saturated heterocycles. The number of likely N-dealkylation sites (N-methyl/N-ethyl adjacent to an activating group) is 2. The van der Waals surface area contributed by atoms with Gasteiger partial charge in [-0.3, -0.25) is 18.0 Å². The van der Waals surface area contributed by atoms with Crippen molar-refractivity contribution >= 4 is 22.2 Å². The van der Waals surface area contributed by atoms with Crippen molar-refractivity contribution in [2.75, 3.05) is 82.6 Å². The third kappa shape index (κ3) is 33.1. The van der Waals surface area contributed by atoms with Crippen molar-refractivity contribution < 1.29 is 36.1 Å². The molecule has 2 amide bonds. The van der Waals surface area contributed by atoms with Gasteiger partial charge in [-0.25, -0.2) is 0 Å². The number of carbonyl (C=O) groups is 2. The first-order valence-corrected chi connectivity index (χ1v) is 11.1. The Morgan fingerprint density at radius 2 is 1.00 bits per heavy atom. The smallest absolute Gasteiger partial charge is 0.245 e. The second-order valence-electron chi connectivity index (χ2n) is 9.07. The van der Waals surface area contributed by atoms with E-state index in [9.17, 15) is 9.59 Å². The van der Waals surface area contributed by atoms with Crippen LogP contribution >= 0.6 is 0 Å². The average Bonchev–Trinajstić information content (AvgIpc) is 2.56. The summed E-state index contributed by atoms with van der Waals surface area (Å²) in [6, 6.07) is 0. The van der Waals surface area contributed by atoms with Crippen molar-refractivity contribution in [3.05, 3.63) is 25.3 Å². The van der Waals surface area contributed by atoms with E-state index < -0.39 is 10.4 Å². The average molecular weight is 467 g/mol. The lowest BCUT2D eigenvalue weighted by Gasteiger charge is -2.25. The summed E-state index contributed by atoms with van der Waals surface area (Å²) in [7, 11) is 11.3. The van der Waals surface area contributed by atoms with Crippen LogP contribution in [0.1, 0.15) is 12.8 Å². The summed E-state index contributed by atoms with van der Waals surface area (Å²) in [5.41, 5.74) is 0. The first-order valence-electron chi connectivity index (χ1n) is 9.76. The van der Waals surface area contributed by atoms with E-state index in [0.29, 0.717) is 0 Å². The molecule has 0 aromatic heterocycles. The molecule has 184 valence electrons. The Kier molecular flexibility index (Phi) is 17.4. The van der Waals surface area contributed by atoms with Gasteiger partial charge in [-0.05, 0) is 12.2 Å². The Bertz CT molecular complexity index is 602. The van der Waals surface area contributed by atoms with Crippen molar-refractivity contribution in [3.8, 4) is 0 Å². The van der Waals surface area contributed by atoms with Crippen LogP contribution < -0.4 is 0 Å². The Morgan fingerprint density at radius 3 is 1.16 bits per heavy atom. The van der Waals surface area contributed by atoms with Crippen molar-refractivity contribution in [2.24, 2.45) is 0 Å². The van der Waals surface area contributed by atoms with Gasteiger partial charge in [-0.1, -0.05) is 13.2 Å². The SMILES string of the molecule is C=CC(=O)N(C)CCC[N+](C)(C)C.C=CC(=O)N(C)CCC[N+](C)(C)C.O=S(=O)([O-])[O-]. The van der Waals surface area contributed by atoms with Gasteiger partial charge in [0.1, 0.15) is 0 Å². The van der Waals surface area contributed by atoms with Crippen LogP contribution in [0.15, 0.2) is 25.3 Å². The Labute approximate surface area is 189 Å². The molecule has 0 spiro atoms. The van der Waals surface area contributed by atoms with Crippen LogP contribution in [0.4, 0.5) is 0 Å². The van der Waals surface area contributed by atoms with E-state index in [1.807, 2.05) is 0 Å². The zero-order chi connectivity index (χ0) is 25.5. The maximum Gasteiger partial charge on any atom is 0.245 e. The lowest BCUT2D eigenvalue weighted by Crippen LogP contribution is -2.37. The molecular formula is C20H42N4O6S. The Morgan fingerprint density at radius 1 is 0.774 bits per heavy atom. The Hall–Kier alpha value is -1.79. The quantitative estimate of drug-likeness (QED) is 0.195. The third-order valence-electron chi connectivity index (χ3n) is 3.75. The summed E-state index contributed by atoms with van der Waals surface area (Å²) in [5.74, 6) is 0.00261. The molecule has 31 heavy (non-hydrogen) atoms. The highest BCUT2D eigenvalue weighted by atomic mass is 32.3. The van der Waals surface area contributed by atoms with E-state index in [4.69, 9.17) is 17.5 Å². The molecule has 0 rings (SSSR count). The predicted octanol–water partition coefficient (Wildman–Crippen LogP) is 0.116. The van der Waals surface area contributed by atoms with E-state index in [1.54, 1.807) is 23.9 Å². The largest absolute Gasteiger partial charge is 0.759 e. The van der Waals surface area contributed by atoms with Crippen LogP contribution in [0, 0.1) is 0 Å². The van der Waals surface area contributed by atoms with Gasteiger partial charge in [0.15, 0.2) is 0 Å². The summed E-state index contributed by atoms with van der Waals surface area (Å²) in [6.45, 7) is 10.7. The zero-order valence-electron chi connectivity index (χ0n) is 20.5. The minimum atomic E-state index is -5.17. The van der Waals surface area contributed by atoms with Gasteiger partial charge in [0, 0.05) is 50.4 Å². The fraction of sp³-hybridized carbons (Fsp3) is 0.700. The number of quaternary nitrogens is 2. The van der Waals surface area contributed by atoms with E-state index >= 15 is 0 Å². The molecular weight excluding hydrogens is 424 g/mol. The third-order valence-corrected chi connectivity index (χ3v) is 3.75. The number of hydrogen-bond donors (Lipinski definition) is 0. The molecule has 0 fully saturated rings. The molecule has 0 saturated carbocycles. The van der Waals surface area contributed by atoms with Gasteiger partial charge in [0.05, 0.1) is 55.4 Å². The first kappa shape index (κ1) is 33.8. The molecule has 0 N–H and O–H groups in total. The Balaban J connectivity index is -0.000000416. The van der Waals surface area contributed by atoms with Crippen LogP contribution in [-0.4, -0.2) is 131 Å². The van der Waals surface area contributed by atoms with Gasteiger partial charge in [0.25, 0.3) is 0 Å². The van der Waals surface area contributed by atoms with Gasteiger partial charge in [-0.15, -0.1) is 0 Å².